The molecular formula is C83H106F9N9O23. The molecule has 5 heterocycles. The molecule has 0 unspecified atom stereocenters. The molecule has 4 atom stereocenters. The van der Waals surface area contributed by atoms with Crippen LogP contribution in [0.2, 0.25) is 0 Å². The second-order valence-corrected chi connectivity index (χ2v) is 32.2. The van der Waals surface area contributed by atoms with Crippen LogP contribution in [0.25, 0.3) is 55.6 Å². The van der Waals surface area contributed by atoms with Gasteiger partial charge in [0.15, 0.2) is 22.9 Å². The molecule has 5 aromatic heterocycles. The van der Waals surface area contributed by atoms with Gasteiger partial charge in [0.2, 0.25) is 11.8 Å². The van der Waals surface area contributed by atoms with Gasteiger partial charge in [-0.05, 0) is 186 Å². The Morgan fingerprint density at radius 2 is 0.677 bits per heavy atom. The number of hydrogen-bond acceptors (Lipinski definition) is 24. The van der Waals surface area contributed by atoms with E-state index >= 15 is 0 Å². The molecule has 0 saturated carbocycles. The molecule has 684 valence electrons. The summed E-state index contributed by atoms with van der Waals surface area (Å²) in [6.07, 6.45) is -16.9. The van der Waals surface area contributed by atoms with E-state index < -0.39 is 142 Å². The lowest BCUT2D eigenvalue weighted by Crippen LogP contribution is -2.46. The predicted molar refractivity (Wildman–Crippen MR) is 433 cm³/mol. The van der Waals surface area contributed by atoms with Crippen LogP contribution in [0.1, 0.15) is 225 Å². The Hall–Kier alpha value is -12.5. The quantitative estimate of drug-likeness (QED) is 0.0188. The molecular weight excluding hydrogens is 1660 g/mol. The highest BCUT2D eigenvalue weighted by atomic mass is 19.4. The Bertz CT molecular complexity index is 5020. The van der Waals surface area contributed by atoms with Crippen molar-refractivity contribution in [3.05, 3.63) is 118 Å². The molecule has 0 aliphatic carbocycles. The highest BCUT2D eigenvalue weighted by Crippen LogP contribution is 2.42. The average Bonchev–Trinajstić information content (AvgIpc) is 1.56. The molecule has 8 N–H and O–H groups in total. The highest BCUT2D eigenvalue weighted by molar-refractivity contribution is 6.04. The van der Waals surface area contributed by atoms with Crippen molar-refractivity contribution in [1.29, 1.82) is 0 Å². The number of amides is 4. The first-order valence-electron chi connectivity index (χ1n) is 37.6. The molecule has 4 amide bonds. The maximum Gasteiger partial charge on any atom is 0.433 e. The van der Waals surface area contributed by atoms with Gasteiger partial charge < -0.3 is 88.4 Å². The molecule has 8 aromatic rings. The van der Waals surface area contributed by atoms with Crippen LogP contribution in [0, 0.1) is 23.7 Å². The van der Waals surface area contributed by atoms with Crippen LogP contribution in [0.3, 0.4) is 0 Å². The van der Waals surface area contributed by atoms with Gasteiger partial charge in [-0.15, -0.1) is 0 Å². The van der Waals surface area contributed by atoms with Gasteiger partial charge in [-0.2, -0.15) is 39.5 Å². The number of carboxylic acid groups (broad SMARTS) is 4. The van der Waals surface area contributed by atoms with Gasteiger partial charge in [0, 0.05) is 27.3 Å². The number of halogens is 9. The zero-order valence-electron chi connectivity index (χ0n) is 71.9. The number of benzene rings is 3. The number of aliphatic carboxylic acids is 2. The molecule has 0 fully saturated rings. The summed E-state index contributed by atoms with van der Waals surface area (Å²) in [6.45, 7) is 36.1. The van der Waals surface area contributed by atoms with Crippen LogP contribution < -0.4 is 35.5 Å². The molecule has 0 aliphatic heterocycles. The Kier molecular flexibility index (Phi) is 36.7. The number of oxazole rings is 2. The third-order valence-corrected chi connectivity index (χ3v) is 16.1. The normalized spacial score (nSPS) is 12.8. The monoisotopic (exact) mass is 1770 g/mol. The molecule has 124 heavy (non-hydrogen) atoms. The molecule has 0 bridgehead atoms. The minimum atomic E-state index is -4.68. The van der Waals surface area contributed by atoms with Crippen molar-refractivity contribution in [2.75, 3.05) is 27.9 Å². The Morgan fingerprint density at radius 3 is 0.944 bits per heavy atom. The van der Waals surface area contributed by atoms with E-state index in [-0.39, 0.29) is 133 Å². The number of carboxylic acids is 4. The first kappa shape index (κ1) is 106. The number of rotatable bonds is 21. The van der Waals surface area contributed by atoms with Crippen LogP contribution >= 0.6 is 0 Å². The van der Waals surface area contributed by atoms with E-state index in [1.54, 1.807) is 145 Å². The van der Waals surface area contributed by atoms with E-state index in [2.05, 4.69) is 46.2 Å². The summed E-state index contributed by atoms with van der Waals surface area (Å²) in [5.74, 6) is -6.63. The van der Waals surface area contributed by atoms with Crippen molar-refractivity contribution in [1.82, 2.24) is 46.2 Å². The largest absolute Gasteiger partial charge is 0.494 e. The van der Waals surface area contributed by atoms with Gasteiger partial charge in [-0.25, -0.2) is 68.1 Å². The summed E-state index contributed by atoms with van der Waals surface area (Å²) in [4.78, 5) is 124. The van der Waals surface area contributed by atoms with Crippen molar-refractivity contribution in [3.63, 3.8) is 0 Å². The van der Waals surface area contributed by atoms with E-state index in [9.17, 15) is 87.8 Å². The van der Waals surface area contributed by atoms with Crippen LogP contribution in [0.15, 0.2) is 81.6 Å². The van der Waals surface area contributed by atoms with Crippen molar-refractivity contribution >= 4 is 86.9 Å². The number of nitrogens with one attached hydrogen (secondary N) is 4. The maximum absolute atomic E-state index is 13.3. The van der Waals surface area contributed by atoms with Gasteiger partial charge in [-0.3, -0.25) is 0 Å². The Morgan fingerprint density at radius 1 is 0.387 bits per heavy atom. The summed E-state index contributed by atoms with van der Waals surface area (Å²) >= 11 is 0. The van der Waals surface area contributed by atoms with E-state index in [0.717, 1.165) is 24.3 Å². The summed E-state index contributed by atoms with van der Waals surface area (Å²) < 4.78 is 170. The Balaban J connectivity index is 0.000000423. The molecule has 0 saturated heterocycles. The number of esters is 1. The number of aromatic nitrogens is 5. The number of carbonyl (C=O) groups is 9. The van der Waals surface area contributed by atoms with Gasteiger partial charge in [-0.1, -0.05) is 62.8 Å². The molecule has 3 aromatic carbocycles. The summed E-state index contributed by atoms with van der Waals surface area (Å²) in [6, 6.07) is 10.6. The van der Waals surface area contributed by atoms with Crippen LogP contribution in [0.5, 0.6) is 17.2 Å². The molecule has 32 nitrogen and oxygen atoms in total. The fraction of sp³-hybridized carbons (Fsp3) is 0.494. The zero-order valence-corrected chi connectivity index (χ0v) is 71.9. The van der Waals surface area contributed by atoms with Gasteiger partial charge in [0.1, 0.15) is 85.4 Å². The lowest BCUT2D eigenvalue weighted by molar-refractivity contribution is -0.141. The van der Waals surface area contributed by atoms with Crippen LogP contribution in [-0.2, 0) is 51.8 Å². The number of hydrogen-bond donors (Lipinski definition) is 8. The van der Waals surface area contributed by atoms with E-state index in [1.807, 2.05) is 0 Å². The number of pyridine rings is 3. The smallest absolute Gasteiger partial charge is 0.433 e. The molecule has 0 radical (unpaired) electrons. The van der Waals surface area contributed by atoms with Crippen LogP contribution in [-0.4, -0.2) is 162 Å². The fourth-order valence-electron chi connectivity index (χ4n) is 10.8. The zero-order chi connectivity index (χ0) is 94.1. The lowest BCUT2D eigenvalue weighted by Gasteiger charge is -2.24. The number of ether oxygens (including phenoxy) is 8. The van der Waals surface area contributed by atoms with Crippen LogP contribution in [0.4, 0.5) is 58.7 Å². The number of nitrogens with zero attached hydrogens (tertiary/aromatic N) is 5. The van der Waals surface area contributed by atoms with Gasteiger partial charge >= 0.3 is 72.7 Å². The second kappa shape index (κ2) is 43.0. The fourth-order valence-corrected chi connectivity index (χ4v) is 10.8. The molecule has 41 heteroatoms. The van der Waals surface area contributed by atoms with Crippen molar-refractivity contribution in [2.45, 2.75) is 218 Å². The SMILES string of the molecule is C.CC(C)[C@H](NC(=O)OC(C)(C)C)C(=O)O.CC(C)[C@H](NC(=O)OC(C)(C)C)C(=O)O.CCOC(=O)c1nc(-c2ccc(OC)c3nc(C(F)(F)F)ccc23)oc1[C@@H](NC(=O)OC(C)(C)C)C(C)C.COc1ccc(-c2nc(C(=O)O)c([C@@H](NC(=O)OC(C)(C)C)C(C)C)o2)c2ccc(C(F)(F)F)nc12.COc1ccc(C(=O)O)c2ccc(C(F)(F)F)nc12. The molecule has 8 rings (SSSR count). The van der Waals surface area contributed by atoms with Gasteiger partial charge in [0.25, 0.3) is 0 Å². The van der Waals surface area contributed by atoms with Crippen molar-refractivity contribution in [3.8, 4) is 40.2 Å². The number of aromatic carboxylic acids is 2. The summed E-state index contributed by atoms with van der Waals surface area (Å²) in [5, 5.41) is 46.9. The highest BCUT2D eigenvalue weighted by Gasteiger charge is 2.40. The number of alkyl halides is 9. The second-order valence-electron chi connectivity index (χ2n) is 32.2. The number of carbonyl (C=O) groups excluding carboxylic acids is 5. The first-order chi connectivity index (χ1) is 56.4. The number of fused-ring (bicyclic) bond motifs is 3. The number of alkyl carbamates (subject to hydrolysis) is 4. The van der Waals surface area contributed by atoms with Crippen molar-refractivity contribution in [2.24, 2.45) is 23.7 Å². The summed E-state index contributed by atoms with van der Waals surface area (Å²) in [5.41, 5.74) is -6.72. The maximum atomic E-state index is 13.3. The predicted octanol–water partition coefficient (Wildman–Crippen LogP) is 19.0. The topological polar surface area (TPSA) is 447 Å². The lowest BCUT2D eigenvalue weighted by atomic mass is 10.0. The van der Waals surface area contributed by atoms with Crippen molar-refractivity contribution < 1.29 is 150 Å². The third kappa shape index (κ3) is 30.8. The minimum absolute atomic E-state index is 0. The Labute approximate surface area is 708 Å². The number of methoxy groups -OCH3 is 3. The summed E-state index contributed by atoms with van der Waals surface area (Å²) in [7, 11) is 3.88. The van der Waals surface area contributed by atoms with E-state index in [1.165, 1.54) is 69.9 Å². The molecule has 0 spiro atoms. The minimum Gasteiger partial charge on any atom is -0.494 e. The van der Waals surface area contributed by atoms with Gasteiger partial charge in [0.05, 0.1) is 45.6 Å². The first-order valence-corrected chi connectivity index (χ1v) is 37.6. The van der Waals surface area contributed by atoms with E-state index in [0.29, 0.717) is 0 Å². The molecule has 0 aliphatic rings. The standard InChI is InChI=1S/C26H30F3N3O6.C24H26F3N3O6.C12H8F3NO3.2C10H19NO4.CH4/c1-8-36-23(33)20-21(18(13(2)3)32-24(34)38-25(4,5)6)37-22(31-20)15-9-11-16(35-7)19-14(15)10-12-17(30-19)26(27,28)29;1-11(2)16(30-22(33)36-23(3,4)5)19-18(21(31)32)29-20(35-19)13-7-9-14(34-6)17-12(13)8-10-15(28-17)24(25,26)27;1-19-8-4-2-7(11(17)18)6-3-5-9(12(13,14)15)16-10(6)8;2*1-6(2)7(8(12)13)11-9(14)15-10(3,4)5;/h9-13,18H,8H2,1-7H3,(H,32,34);7-11,16H,1-6H3,(H,30,33)(H,31,32);2-5H,1H3,(H,17,18);2*6-7H,1-5H3,(H,11,14)(H,12,13);1H4/t18-;16-;;2*7-;/m00.00./s1. The average molecular weight is 1770 g/mol. The van der Waals surface area contributed by atoms with E-state index in [4.69, 9.17) is 62.0 Å². The third-order valence-electron chi connectivity index (χ3n) is 16.1.